The highest BCUT2D eigenvalue weighted by Gasteiger charge is 2.16. The second kappa shape index (κ2) is 5.09. The molecular formula is C10H15N3O3. The lowest BCUT2D eigenvalue weighted by Gasteiger charge is -2.23. The van der Waals surface area contributed by atoms with Gasteiger partial charge in [-0.15, -0.1) is 0 Å². The Morgan fingerprint density at radius 3 is 3.25 bits per heavy atom. The molecule has 2 heterocycles. The minimum Gasteiger partial charge on any atom is -0.378 e. The fourth-order valence-corrected chi connectivity index (χ4v) is 1.58. The lowest BCUT2D eigenvalue weighted by molar-refractivity contribution is 0.0734. The van der Waals surface area contributed by atoms with Gasteiger partial charge in [-0.05, 0) is 6.92 Å². The van der Waals surface area contributed by atoms with E-state index in [1.165, 1.54) is 6.20 Å². The first-order valence-corrected chi connectivity index (χ1v) is 5.28. The first kappa shape index (κ1) is 11.1. The number of nitrogens with zero attached hydrogens (tertiary/aromatic N) is 1. The summed E-state index contributed by atoms with van der Waals surface area (Å²) in [5, 5.41) is 9.63. The largest absolute Gasteiger partial charge is 0.378 e. The summed E-state index contributed by atoms with van der Waals surface area (Å²) in [7, 11) is 0. The van der Waals surface area contributed by atoms with E-state index in [1.54, 1.807) is 6.92 Å². The molecule has 0 aromatic carbocycles. The molecule has 0 radical (unpaired) electrons. The van der Waals surface area contributed by atoms with Gasteiger partial charge in [0, 0.05) is 19.1 Å². The summed E-state index contributed by atoms with van der Waals surface area (Å²) in [5.41, 5.74) is 0.483. The first-order chi connectivity index (χ1) is 7.77. The SMILES string of the molecule is Cc1oncc1C(=O)NCC1COCCN1. The molecule has 0 spiro atoms. The van der Waals surface area contributed by atoms with Gasteiger partial charge in [0.1, 0.15) is 11.3 Å². The van der Waals surface area contributed by atoms with Crippen LogP contribution >= 0.6 is 0 Å². The molecule has 1 aliphatic heterocycles. The Morgan fingerprint density at radius 1 is 1.75 bits per heavy atom. The van der Waals surface area contributed by atoms with Crippen LogP contribution in [0.4, 0.5) is 0 Å². The molecule has 1 unspecified atom stereocenters. The molecule has 2 N–H and O–H groups in total. The van der Waals surface area contributed by atoms with Crippen molar-refractivity contribution >= 4 is 5.91 Å². The second-order valence-corrected chi connectivity index (χ2v) is 3.73. The van der Waals surface area contributed by atoms with E-state index < -0.39 is 0 Å². The van der Waals surface area contributed by atoms with Crippen LogP contribution in [0.3, 0.4) is 0 Å². The number of ether oxygens (including phenoxy) is 1. The normalized spacial score (nSPS) is 20.7. The molecule has 1 atom stereocenters. The van der Waals surface area contributed by atoms with Crippen LogP contribution in [0.1, 0.15) is 16.1 Å². The van der Waals surface area contributed by atoms with E-state index in [9.17, 15) is 4.79 Å². The van der Waals surface area contributed by atoms with Gasteiger partial charge in [-0.1, -0.05) is 5.16 Å². The lowest BCUT2D eigenvalue weighted by Crippen LogP contribution is -2.48. The van der Waals surface area contributed by atoms with Gasteiger partial charge in [0.25, 0.3) is 5.91 Å². The van der Waals surface area contributed by atoms with Gasteiger partial charge >= 0.3 is 0 Å². The highest BCUT2D eigenvalue weighted by Crippen LogP contribution is 2.05. The Labute approximate surface area is 93.3 Å². The molecule has 1 fully saturated rings. The Hall–Kier alpha value is -1.40. The minimum atomic E-state index is -0.161. The van der Waals surface area contributed by atoms with Crippen LogP contribution in [0.25, 0.3) is 0 Å². The first-order valence-electron chi connectivity index (χ1n) is 5.28. The quantitative estimate of drug-likeness (QED) is 0.738. The zero-order chi connectivity index (χ0) is 11.4. The van der Waals surface area contributed by atoms with Crippen molar-refractivity contribution in [1.82, 2.24) is 15.8 Å². The highest BCUT2D eigenvalue weighted by atomic mass is 16.5. The topological polar surface area (TPSA) is 76.4 Å². The number of morpholine rings is 1. The number of amides is 1. The molecule has 16 heavy (non-hydrogen) atoms. The highest BCUT2D eigenvalue weighted by molar-refractivity contribution is 5.94. The summed E-state index contributed by atoms with van der Waals surface area (Å²) >= 11 is 0. The van der Waals surface area contributed by atoms with Crippen molar-refractivity contribution in [3.8, 4) is 0 Å². The van der Waals surface area contributed by atoms with E-state index in [-0.39, 0.29) is 11.9 Å². The van der Waals surface area contributed by atoms with E-state index in [2.05, 4.69) is 15.8 Å². The predicted octanol–water partition coefficient (Wildman–Crippen LogP) is -0.299. The van der Waals surface area contributed by atoms with Crippen molar-refractivity contribution in [1.29, 1.82) is 0 Å². The van der Waals surface area contributed by atoms with Gasteiger partial charge < -0.3 is 19.9 Å². The van der Waals surface area contributed by atoms with Crippen LogP contribution in [0.2, 0.25) is 0 Å². The molecule has 1 aliphatic rings. The molecule has 6 heteroatoms. The minimum absolute atomic E-state index is 0.161. The standard InChI is InChI=1S/C10H15N3O3/c1-7-9(5-13-16-7)10(14)12-4-8-6-15-3-2-11-8/h5,8,11H,2-4,6H2,1H3,(H,12,14). The molecule has 2 rings (SSSR count). The van der Waals surface area contributed by atoms with Gasteiger partial charge in [-0.2, -0.15) is 0 Å². The van der Waals surface area contributed by atoms with Gasteiger partial charge in [-0.3, -0.25) is 4.79 Å². The molecule has 1 aromatic rings. The Balaban J connectivity index is 1.81. The van der Waals surface area contributed by atoms with Gasteiger partial charge in [0.15, 0.2) is 0 Å². The van der Waals surface area contributed by atoms with Gasteiger partial charge in [0.2, 0.25) is 0 Å². The predicted molar refractivity (Wildman–Crippen MR) is 56.2 cm³/mol. The van der Waals surface area contributed by atoms with Crippen LogP contribution in [0.5, 0.6) is 0 Å². The number of hydrogen-bond acceptors (Lipinski definition) is 5. The van der Waals surface area contributed by atoms with Crippen LogP contribution in [-0.4, -0.2) is 43.4 Å². The molecule has 0 saturated carbocycles. The van der Waals surface area contributed by atoms with Crippen LogP contribution < -0.4 is 10.6 Å². The number of aryl methyl sites for hydroxylation is 1. The van der Waals surface area contributed by atoms with E-state index in [4.69, 9.17) is 9.26 Å². The molecule has 0 bridgehead atoms. The molecule has 1 amide bonds. The molecule has 1 aromatic heterocycles. The Morgan fingerprint density at radius 2 is 2.62 bits per heavy atom. The summed E-state index contributed by atoms with van der Waals surface area (Å²) in [5.74, 6) is 0.372. The molecule has 6 nitrogen and oxygen atoms in total. The van der Waals surface area contributed by atoms with Gasteiger partial charge in [-0.25, -0.2) is 0 Å². The van der Waals surface area contributed by atoms with Gasteiger partial charge in [0.05, 0.1) is 19.4 Å². The third-order valence-corrected chi connectivity index (χ3v) is 2.50. The van der Waals surface area contributed by atoms with Crippen LogP contribution in [0, 0.1) is 6.92 Å². The fourth-order valence-electron chi connectivity index (χ4n) is 1.58. The molecule has 1 saturated heterocycles. The number of carbonyl (C=O) groups is 1. The van der Waals surface area contributed by atoms with E-state index >= 15 is 0 Å². The fraction of sp³-hybridized carbons (Fsp3) is 0.600. The summed E-state index contributed by atoms with van der Waals surface area (Å²) in [6.07, 6.45) is 1.43. The van der Waals surface area contributed by atoms with Crippen molar-refractivity contribution in [3.05, 3.63) is 17.5 Å². The van der Waals surface area contributed by atoms with Crippen molar-refractivity contribution < 1.29 is 14.1 Å². The molecular weight excluding hydrogens is 210 g/mol. The summed E-state index contributed by atoms with van der Waals surface area (Å²) in [4.78, 5) is 11.7. The Bertz CT molecular complexity index is 358. The average Bonchev–Trinajstić information content (AvgIpc) is 2.74. The maximum atomic E-state index is 11.7. The number of hydrogen-bond donors (Lipinski definition) is 2. The molecule has 88 valence electrons. The maximum absolute atomic E-state index is 11.7. The van der Waals surface area contributed by atoms with Crippen molar-refractivity contribution in [3.63, 3.8) is 0 Å². The third-order valence-electron chi connectivity index (χ3n) is 2.50. The zero-order valence-corrected chi connectivity index (χ0v) is 9.16. The number of carbonyl (C=O) groups excluding carboxylic acids is 1. The van der Waals surface area contributed by atoms with Crippen molar-refractivity contribution in [2.75, 3.05) is 26.3 Å². The monoisotopic (exact) mass is 225 g/mol. The van der Waals surface area contributed by atoms with E-state index in [0.29, 0.717) is 24.5 Å². The van der Waals surface area contributed by atoms with E-state index in [1.807, 2.05) is 0 Å². The smallest absolute Gasteiger partial charge is 0.256 e. The van der Waals surface area contributed by atoms with Crippen molar-refractivity contribution in [2.24, 2.45) is 0 Å². The average molecular weight is 225 g/mol. The lowest BCUT2D eigenvalue weighted by atomic mass is 10.2. The van der Waals surface area contributed by atoms with Crippen LogP contribution in [0.15, 0.2) is 10.7 Å². The van der Waals surface area contributed by atoms with Crippen LogP contribution in [-0.2, 0) is 4.74 Å². The molecule has 0 aliphatic carbocycles. The number of aromatic nitrogens is 1. The van der Waals surface area contributed by atoms with Crippen molar-refractivity contribution in [2.45, 2.75) is 13.0 Å². The Kier molecular flexibility index (Phi) is 3.53. The third kappa shape index (κ3) is 2.59. The summed E-state index contributed by atoms with van der Waals surface area (Å²) in [6.45, 7) is 4.44. The maximum Gasteiger partial charge on any atom is 0.256 e. The van der Waals surface area contributed by atoms with E-state index in [0.717, 1.165) is 13.2 Å². The number of rotatable bonds is 3. The second-order valence-electron chi connectivity index (χ2n) is 3.73. The zero-order valence-electron chi connectivity index (χ0n) is 9.16. The summed E-state index contributed by atoms with van der Waals surface area (Å²) < 4.78 is 10.1. The number of nitrogens with one attached hydrogen (secondary N) is 2. The summed E-state index contributed by atoms with van der Waals surface area (Å²) in [6, 6.07) is 0.179.